The Balaban J connectivity index is 1.72. The highest BCUT2D eigenvalue weighted by Crippen LogP contribution is 2.31. The lowest BCUT2D eigenvalue weighted by molar-refractivity contribution is 0.394. The average molecular weight is 417 g/mol. The number of benzene rings is 2. The van der Waals surface area contributed by atoms with Crippen molar-refractivity contribution >= 4 is 11.5 Å². The zero-order valence-electron chi connectivity index (χ0n) is 18.5. The highest BCUT2D eigenvalue weighted by molar-refractivity contribution is 5.69. The maximum Gasteiger partial charge on any atom is 0.158 e. The van der Waals surface area contributed by atoms with Crippen LogP contribution in [0.3, 0.4) is 0 Å². The van der Waals surface area contributed by atoms with Crippen molar-refractivity contribution in [2.75, 3.05) is 26.1 Å². The van der Waals surface area contributed by atoms with E-state index in [1.54, 1.807) is 14.2 Å². The Morgan fingerprint density at radius 1 is 0.968 bits per heavy atom. The topological polar surface area (TPSA) is 60.7 Å². The molecular weight excluding hydrogens is 388 g/mol. The fourth-order valence-corrected chi connectivity index (χ4v) is 3.83. The molecule has 2 heterocycles. The summed E-state index contributed by atoms with van der Waals surface area (Å²) in [6, 6.07) is 18.3. The minimum Gasteiger partial charge on any atom is -0.497 e. The molecule has 0 radical (unpaired) electrons. The van der Waals surface area contributed by atoms with Gasteiger partial charge in [-0.25, -0.2) is 4.98 Å². The van der Waals surface area contributed by atoms with Gasteiger partial charge in [-0.1, -0.05) is 37.3 Å². The highest BCUT2D eigenvalue weighted by atomic mass is 16.5. The van der Waals surface area contributed by atoms with Gasteiger partial charge in [0, 0.05) is 35.5 Å². The molecule has 1 N–H and O–H groups in total. The summed E-state index contributed by atoms with van der Waals surface area (Å²) in [7, 11) is 3.30. The van der Waals surface area contributed by atoms with Crippen LogP contribution in [-0.2, 0) is 12.8 Å². The molecule has 0 atom stereocenters. The zero-order valence-corrected chi connectivity index (χ0v) is 18.5. The molecule has 4 rings (SSSR count). The van der Waals surface area contributed by atoms with Gasteiger partial charge in [0.2, 0.25) is 0 Å². The molecule has 2 aromatic carbocycles. The van der Waals surface area contributed by atoms with Crippen LogP contribution in [0.4, 0.5) is 5.82 Å². The minimum absolute atomic E-state index is 0.728. The first kappa shape index (κ1) is 20.7. The van der Waals surface area contributed by atoms with E-state index in [0.29, 0.717) is 0 Å². The number of methoxy groups -OCH3 is 2. The highest BCUT2D eigenvalue weighted by Gasteiger charge is 2.16. The molecule has 4 aromatic rings. The van der Waals surface area contributed by atoms with Gasteiger partial charge in [0.05, 0.1) is 19.9 Å². The molecule has 31 heavy (non-hydrogen) atoms. The second kappa shape index (κ2) is 9.08. The van der Waals surface area contributed by atoms with Gasteiger partial charge in [-0.05, 0) is 37.5 Å². The van der Waals surface area contributed by atoms with E-state index in [0.717, 1.165) is 59.3 Å². The number of aryl methyl sites for hydroxylation is 1. The number of fused-ring (bicyclic) bond motifs is 1. The summed E-state index contributed by atoms with van der Waals surface area (Å²) in [6.07, 6.45) is 1.82. The largest absolute Gasteiger partial charge is 0.497 e. The van der Waals surface area contributed by atoms with Gasteiger partial charge in [0.15, 0.2) is 5.65 Å². The summed E-state index contributed by atoms with van der Waals surface area (Å²) in [5.74, 6) is 2.46. The summed E-state index contributed by atoms with van der Waals surface area (Å²) >= 11 is 0. The van der Waals surface area contributed by atoms with Crippen LogP contribution in [0.5, 0.6) is 11.5 Å². The van der Waals surface area contributed by atoms with Crippen LogP contribution in [0.2, 0.25) is 0 Å². The third-order valence-electron chi connectivity index (χ3n) is 5.46. The molecule has 0 spiro atoms. The fraction of sp³-hybridized carbons (Fsp3) is 0.280. The first-order valence-corrected chi connectivity index (χ1v) is 10.5. The maximum absolute atomic E-state index is 5.42. The summed E-state index contributed by atoms with van der Waals surface area (Å²) in [5, 5.41) is 8.51. The van der Waals surface area contributed by atoms with E-state index in [2.05, 4.69) is 43.4 Å². The van der Waals surface area contributed by atoms with Crippen LogP contribution in [0.15, 0.2) is 54.6 Å². The van der Waals surface area contributed by atoms with E-state index in [1.165, 1.54) is 11.1 Å². The summed E-state index contributed by atoms with van der Waals surface area (Å²) in [5.41, 5.74) is 6.06. The molecule has 0 saturated carbocycles. The van der Waals surface area contributed by atoms with Gasteiger partial charge < -0.3 is 14.8 Å². The molecule has 0 fully saturated rings. The number of rotatable bonds is 8. The van der Waals surface area contributed by atoms with E-state index in [9.17, 15) is 0 Å². The van der Waals surface area contributed by atoms with E-state index in [1.807, 2.05) is 34.8 Å². The SMILES string of the molecule is CCc1c(C)nc2cc(-c3cc(OC)cc(OC)c3)nn2c1NCCc1ccccc1. The number of nitrogens with one attached hydrogen (secondary N) is 1. The Morgan fingerprint density at radius 3 is 2.32 bits per heavy atom. The fourth-order valence-electron chi connectivity index (χ4n) is 3.83. The quantitative estimate of drug-likeness (QED) is 0.441. The van der Waals surface area contributed by atoms with Crippen LogP contribution in [0, 0.1) is 6.92 Å². The average Bonchev–Trinajstić information content (AvgIpc) is 3.23. The molecule has 0 aliphatic rings. The number of aromatic nitrogens is 3. The standard InChI is InChI=1S/C25H28N4O2/c1-5-22-17(2)27-24-16-23(19-13-20(30-3)15-21(14-19)31-4)28-29(24)25(22)26-12-11-18-9-7-6-8-10-18/h6-10,13-16,26H,5,11-12H2,1-4H3. The zero-order chi connectivity index (χ0) is 21.8. The molecule has 0 aliphatic heterocycles. The Bertz CT molecular complexity index is 1160. The number of ether oxygens (including phenoxy) is 2. The third-order valence-corrected chi connectivity index (χ3v) is 5.46. The van der Waals surface area contributed by atoms with Crippen molar-refractivity contribution in [2.24, 2.45) is 0 Å². The molecule has 2 aromatic heterocycles. The van der Waals surface area contributed by atoms with E-state index in [-0.39, 0.29) is 0 Å². The van der Waals surface area contributed by atoms with Crippen molar-refractivity contribution in [3.8, 4) is 22.8 Å². The van der Waals surface area contributed by atoms with Gasteiger partial charge in [-0.15, -0.1) is 0 Å². The van der Waals surface area contributed by atoms with Crippen molar-refractivity contribution in [1.82, 2.24) is 14.6 Å². The van der Waals surface area contributed by atoms with Gasteiger partial charge >= 0.3 is 0 Å². The number of hydrogen-bond donors (Lipinski definition) is 1. The molecular formula is C25H28N4O2. The number of anilines is 1. The van der Waals surface area contributed by atoms with Crippen LogP contribution < -0.4 is 14.8 Å². The molecule has 160 valence electrons. The maximum atomic E-state index is 5.42. The van der Waals surface area contributed by atoms with Crippen LogP contribution >= 0.6 is 0 Å². The lowest BCUT2D eigenvalue weighted by atomic mass is 10.1. The van der Waals surface area contributed by atoms with E-state index < -0.39 is 0 Å². The molecule has 0 amide bonds. The predicted molar refractivity (Wildman–Crippen MR) is 124 cm³/mol. The summed E-state index contributed by atoms with van der Waals surface area (Å²) < 4.78 is 12.8. The Labute approximate surface area is 182 Å². The first-order valence-electron chi connectivity index (χ1n) is 10.5. The van der Waals surface area contributed by atoms with Crippen molar-refractivity contribution < 1.29 is 9.47 Å². The lowest BCUT2D eigenvalue weighted by Gasteiger charge is -2.14. The van der Waals surface area contributed by atoms with E-state index >= 15 is 0 Å². The van der Waals surface area contributed by atoms with Crippen molar-refractivity contribution in [3.63, 3.8) is 0 Å². The first-order chi connectivity index (χ1) is 15.1. The minimum atomic E-state index is 0.728. The van der Waals surface area contributed by atoms with Crippen LogP contribution in [-0.4, -0.2) is 35.4 Å². The molecule has 0 saturated heterocycles. The summed E-state index contributed by atoms with van der Waals surface area (Å²) in [6.45, 7) is 5.02. The Kier molecular flexibility index (Phi) is 6.07. The second-order valence-electron chi connectivity index (χ2n) is 7.44. The van der Waals surface area contributed by atoms with Crippen LogP contribution in [0.1, 0.15) is 23.7 Å². The third kappa shape index (κ3) is 4.33. The summed E-state index contributed by atoms with van der Waals surface area (Å²) in [4.78, 5) is 4.80. The van der Waals surface area contributed by atoms with Crippen LogP contribution in [0.25, 0.3) is 16.9 Å². The predicted octanol–water partition coefficient (Wildman–Crippen LogP) is 4.94. The number of hydrogen-bond acceptors (Lipinski definition) is 5. The molecule has 0 aliphatic carbocycles. The van der Waals surface area contributed by atoms with Crippen molar-refractivity contribution in [1.29, 1.82) is 0 Å². The van der Waals surface area contributed by atoms with E-state index in [4.69, 9.17) is 19.6 Å². The molecule has 0 bridgehead atoms. The smallest absolute Gasteiger partial charge is 0.158 e. The second-order valence-corrected chi connectivity index (χ2v) is 7.44. The Morgan fingerprint density at radius 2 is 1.68 bits per heavy atom. The number of nitrogens with zero attached hydrogens (tertiary/aromatic N) is 3. The van der Waals surface area contributed by atoms with Gasteiger partial charge in [0.1, 0.15) is 17.3 Å². The van der Waals surface area contributed by atoms with Crippen molar-refractivity contribution in [2.45, 2.75) is 26.7 Å². The van der Waals surface area contributed by atoms with Gasteiger partial charge in [-0.3, -0.25) is 0 Å². The normalized spacial score (nSPS) is 11.0. The lowest BCUT2D eigenvalue weighted by Crippen LogP contribution is -2.13. The molecule has 6 nitrogen and oxygen atoms in total. The molecule has 6 heteroatoms. The molecule has 0 unspecified atom stereocenters. The Hall–Kier alpha value is -3.54. The monoisotopic (exact) mass is 416 g/mol. The van der Waals surface area contributed by atoms with Crippen molar-refractivity contribution in [3.05, 3.63) is 71.4 Å². The van der Waals surface area contributed by atoms with Gasteiger partial charge in [0.25, 0.3) is 0 Å². The van der Waals surface area contributed by atoms with Gasteiger partial charge in [-0.2, -0.15) is 9.61 Å².